The molecule has 2 N–H and O–H groups in total. The molecule has 2 aromatic carbocycles. The van der Waals surface area contributed by atoms with E-state index in [2.05, 4.69) is 15.8 Å². The Morgan fingerprint density at radius 2 is 2.06 bits per heavy atom. The summed E-state index contributed by atoms with van der Waals surface area (Å²) < 4.78 is 16.6. The highest BCUT2D eigenvalue weighted by Gasteiger charge is 2.31. The van der Waals surface area contributed by atoms with E-state index in [-0.39, 0.29) is 6.61 Å². The molecule has 0 bridgehead atoms. The molecule has 0 atom stereocenters. The van der Waals surface area contributed by atoms with E-state index in [0.717, 1.165) is 21.9 Å². The first-order chi connectivity index (χ1) is 15.3. The minimum absolute atomic E-state index is 0.160. The molecule has 0 aliphatic carbocycles. The number of para-hydroxylation sites is 1. The lowest BCUT2D eigenvalue weighted by molar-refractivity contribution is -0.145. The van der Waals surface area contributed by atoms with Gasteiger partial charge in [0.05, 0.1) is 18.0 Å². The van der Waals surface area contributed by atoms with Crippen molar-refractivity contribution in [3.05, 3.63) is 48.0 Å². The van der Waals surface area contributed by atoms with Gasteiger partial charge >= 0.3 is 5.97 Å². The van der Waals surface area contributed by atoms with Gasteiger partial charge in [-0.05, 0) is 69.6 Å². The van der Waals surface area contributed by atoms with Gasteiger partial charge in [-0.1, -0.05) is 12.1 Å². The van der Waals surface area contributed by atoms with Gasteiger partial charge in [0.25, 0.3) is 0 Å². The molecule has 1 heterocycles. The Labute approximate surface area is 197 Å². The number of benzene rings is 2. The van der Waals surface area contributed by atoms with Crippen molar-refractivity contribution in [3.63, 3.8) is 0 Å². The number of thiocarbonyl (C=S) groups is 1. The molecular weight excluding hydrogens is 446 g/mol. The quantitative estimate of drug-likeness (QED) is 0.261. The van der Waals surface area contributed by atoms with Crippen LogP contribution in [0.15, 0.2) is 52.5 Å². The topological polar surface area (TPSA) is 81.2 Å². The fraction of sp³-hybridized carbons (Fsp3) is 0.348. The van der Waals surface area contributed by atoms with Gasteiger partial charge in [-0.25, -0.2) is 4.79 Å². The lowest BCUT2D eigenvalue weighted by Crippen LogP contribution is -2.37. The maximum Gasteiger partial charge on any atom is 0.344 e. The second-order valence-corrected chi connectivity index (χ2v) is 8.87. The number of ether oxygens (including phenoxy) is 3. The van der Waals surface area contributed by atoms with Gasteiger partial charge in [0.1, 0.15) is 17.1 Å². The van der Waals surface area contributed by atoms with Crippen LogP contribution in [0.4, 0.5) is 5.69 Å². The highest BCUT2D eigenvalue weighted by molar-refractivity contribution is 7.98. The monoisotopic (exact) mass is 473 g/mol. The number of hydrogen-bond acceptors (Lipinski definition) is 7. The Hall–Kier alpha value is -2.78. The number of hydrazone groups is 1. The van der Waals surface area contributed by atoms with Gasteiger partial charge in [0.15, 0.2) is 11.7 Å². The predicted octanol–water partition coefficient (Wildman–Crippen LogP) is 4.60. The van der Waals surface area contributed by atoms with Crippen molar-refractivity contribution >= 4 is 46.5 Å². The Morgan fingerprint density at radius 1 is 1.28 bits per heavy atom. The summed E-state index contributed by atoms with van der Waals surface area (Å²) in [5, 5.41) is 8.14. The average Bonchev–Trinajstić information content (AvgIpc) is 2.76. The number of nitrogens with one attached hydrogen (secondary N) is 2. The van der Waals surface area contributed by atoms with Crippen molar-refractivity contribution in [2.24, 2.45) is 5.10 Å². The predicted molar refractivity (Wildman–Crippen MR) is 132 cm³/mol. The number of esters is 1. The van der Waals surface area contributed by atoms with Crippen molar-refractivity contribution in [2.75, 3.05) is 24.8 Å². The number of hydrogen-bond donors (Lipinski definition) is 2. The smallest absolute Gasteiger partial charge is 0.344 e. The molecule has 1 aliphatic rings. The van der Waals surface area contributed by atoms with Gasteiger partial charge in [-0.2, -0.15) is 5.10 Å². The SMILES string of the molecule is CCOC(=O)COc1ccc2c(c1)/C(=N\NC(=S)Nc1ccccc1SC)CC(C)(C)O2. The molecule has 0 radical (unpaired) electrons. The lowest BCUT2D eigenvalue weighted by Gasteiger charge is -2.33. The maximum absolute atomic E-state index is 11.6. The van der Waals surface area contributed by atoms with Crippen molar-refractivity contribution in [3.8, 4) is 11.5 Å². The van der Waals surface area contributed by atoms with E-state index in [4.69, 9.17) is 26.4 Å². The molecule has 1 aliphatic heterocycles. The van der Waals surface area contributed by atoms with Gasteiger partial charge in [-0.3, -0.25) is 5.43 Å². The van der Waals surface area contributed by atoms with Crippen molar-refractivity contribution in [1.82, 2.24) is 5.43 Å². The molecule has 170 valence electrons. The van der Waals surface area contributed by atoms with E-state index in [1.165, 1.54) is 0 Å². The number of carbonyl (C=O) groups is 1. The molecular formula is C23H27N3O4S2. The van der Waals surface area contributed by atoms with Crippen LogP contribution < -0.4 is 20.2 Å². The third kappa shape index (κ3) is 6.37. The van der Waals surface area contributed by atoms with Gasteiger partial charge in [0.2, 0.25) is 0 Å². The molecule has 2 aromatic rings. The number of carbonyl (C=O) groups excluding carboxylic acids is 1. The fourth-order valence-electron chi connectivity index (χ4n) is 3.21. The molecule has 0 unspecified atom stereocenters. The first-order valence-electron chi connectivity index (χ1n) is 10.2. The molecule has 9 heteroatoms. The van der Waals surface area contributed by atoms with E-state index < -0.39 is 11.6 Å². The number of rotatable bonds is 7. The molecule has 0 saturated carbocycles. The summed E-state index contributed by atoms with van der Waals surface area (Å²) in [6, 6.07) is 13.3. The van der Waals surface area contributed by atoms with Crippen LogP contribution in [-0.2, 0) is 9.53 Å². The molecule has 0 aromatic heterocycles. The summed E-state index contributed by atoms with van der Waals surface area (Å²) in [5.41, 5.74) is 4.99. The molecule has 0 spiro atoms. The summed E-state index contributed by atoms with van der Waals surface area (Å²) in [7, 11) is 0. The van der Waals surface area contributed by atoms with Crippen LogP contribution in [0, 0.1) is 0 Å². The minimum Gasteiger partial charge on any atom is -0.487 e. The summed E-state index contributed by atoms with van der Waals surface area (Å²) in [5.74, 6) is 0.805. The summed E-state index contributed by atoms with van der Waals surface area (Å²) >= 11 is 7.08. The molecule has 0 saturated heterocycles. The van der Waals surface area contributed by atoms with Crippen molar-refractivity contribution in [1.29, 1.82) is 0 Å². The summed E-state index contributed by atoms with van der Waals surface area (Å²) in [6.45, 7) is 5.91. The average molecular weight is 474 g/mol. The number of nitrogens with zero attached hydrogens (tertiary/aromatic N) is 1. The zero-order valence-corrected chi connectivity index (χ0v) is 20.2. The molecule has 0 amide bonds. The zero-order valence-electron chi connectivity index (χ0n) is 18.6. The molecule has 0 fully saturated rings. The molecule has 3 rings (SSSR count). The lowest BCUT2D eigenvalue weighted by atomic mass is 9.92. The second kappa shape index (κ2) is 10.7. The molecule has 7 nitrogen and oxygen atoms in total. The Bertz CT molecular complexity index is 1020. The van der Waals surface area contributed by atoms with E-state index in [0.29, 0.717) is 29.6 Å². The molecule has 32 heavy (non-hydrogen) atoms. The minimum atomic E-state index is -0.429. The third-order valence-corrected chi connectivity index (χ3v) is 5.54. The van der Waals surface area contributed by atoms with Crippen LogP contribution in [0.1, 0.15) is 32.8 Å². The summed E-state index contributed by atoms with van der Waals surface area (Å²) in [6.07, 6.45) is 2.58. The highest BCUT2D eigenvalue weighted by Crippen LogP contribution is 2.35. The van der Waals surface area contributed by atoms with Crippen LogP contribution >= 0.6 is 24.0 Å². The van der Waals surface area contributed by atoms with Crippen molar-refractivity contribution < 1.29 is 19.0 Å². The van der Waals surface area contributed by atoms with Gasteiger partial charge in [0, 0.05) is 16.9 Å². The van der Waals surface area contributed by atoms with Crippen LogP contribution in [-0.4, -0.2) is 41.9 Å². The summed E-state index contributed by atoms with van der Waals surface area (Å²) in [4.78, 5) is 12.7. The van der Waals surface area contributed by atoms with Crippen LogP contribution in [0.5, 0.6) is 11.5 Å². The van der Waals surface area contributed by atoms with Gasteiger partial charge < -0.3 is 19.5 Å². The van der Waals surface area contributed by atoms with Crippen LogP contribution in [0.3, 0.4) is 0 Å². The number of anilines is 1. The maximum atomic E-state index is 11.6. The Balaban J connectivity index is 1.77. The van der Waals surface area contributed by atoms with Crippen LogP contribution in [0.2, 0.25) is 0 Å². The van der Waals surface area contributed by atoms with E-state index in [1.807, 2.05) is 56.5 Å². The Morgan fingerprint density at radius 3 is 2.81 bits per heavy atom. The fourth-order valence-corrected chi connectivity index (χ4v) is 3.92. The van der Waals surface area contributed by atoms with Crippen LogP contribution in [0.25, 0.3) is 0 Å². The highest BCUT2D eigenvalue weighted by atomic mass is 32.2. The second-order valence-electron chi connectivity index (χ2n) is 7.61. The first kappa shape index (κ1) is 23.9. The number of fused-ring (bicyclic) bond motifs is 1. The third-order valence-electron chi connectivity index (χ3n) is 4.55. The largest absolute Gasteiger partial charge is 0.487 e. The number of thioether (sulfide) groups is 1. The van der Waals surface area contributed by atoms with Gasteiger partial charge in [-0.15, -0.1) is 11.8 Å². The van der Waals surface area contributed by atoms with Crippen molar-refractivity contribution in [2.45, 2.75) is 37.7 Å². The van der Waals surface area contributed by atoms with E-state index in [1.54, 1.807) is 24.8 Å². The van der Waals surface area contributed by atoms with E-state index >= 15 is 0 Å². The van der Waals surface area contributed by atoms with E-state index in [9.17, 15) is 4.79 Å². The zero-order chi connectivity index (χ0) is 23.1. The standard InChI is InChI=1S/C23H27N3O4S2/c1-5-28-21(27)14-29-15-10-11-19-16(12-15)18(13-23(2,3)30-19)25-26-22(31)24-17-8-6-7-9-20(17)32-4/h6-12H,5,13-14H2,1-4H3,(H2,24,26,31)/b25-18-. The first-order valence-corrected chi connectivity index (χ1v) is 11.8. The normalized spacial score (nSPS) is 15.3. The Kier molecular flexibility index (Phi) is 7.98.